The lowest BCUT2D eigenvalue weighted by Crippen LogP contribution is -2.38. The number of benzene rings is 1. The number of nitrogens with zero attached hydrogens (tertiary/aromatic N) is 2. The summed E-state index contributed by atoms with van der Waals surface area (Å²) >= 11 is 0. The van der Waals surface area contributed by atoms with E-state index in [0.717, 1.165) is 29.6 Å². The maximum absolute atomic E-state index is 5.82. The van der Waals surface area contributed by atoms with Crippen LogP contribution in [0.15, 0.2) is 47.6 Å². The van der Waals surface area contributed by atoms with Gasteiger partial charge in [0, 0.05) is 32.4 Å². The number of hydrogen-bond acceptors (Lipinski definition) is 4. The third-order valence-electron chi connectivity index (χ3n) is 3.52. The summed E-state index contributed by atoms with van der Waals surface area (Å²) < 4.78 is 11.3. The van der Waals surface area contributed by atoms with Crippen molar-refractivity contribution in [3.05, 3.63) is 48.2 Å². The molecule has 0 aliphatic carbocycles. The van der Waals surface area contributed by atoms with Gasteiger partial charge in [0.1, 0.15) is 11.5 Å². The fraction of sp³-hybridized carbons (Fsp3) is 0.400. The zero-order valence-electron chi connectivity index (χ0n) is 16.0. The number of ether oxygens (including phenoxy) is 2. The summed E-state index contributed by atoms with van der Waals surface area (Å²) in [5, 5.41) is 6.58. The van der Waals surface area contributed by atoms with Gasteiger partial charge in [-0.3, -0.25) is 4.99 Å². The van der Waals surface area contributed by atoms with Gasteiger partial charge in [0.05, 0.1) is 6.61 Å². The van der Waals surface area contributed by atoms with Gasteiger partial charge in [0.15, 0.2) is 5.96 Å². The van der Waals surface area contributed by atoms with Crippen molar-refractivity contribution in [3.63, 3.8) is 0 Å². The second-order valence-corrected chi connectivity index (χ2v) is 6.21. The molecule has 26 heavy (non-hydrogen) atoms. The Balaban J connectivity index is 1.92. The number of rotatable bonds is 8. The summed E-state index contributed by atoms with van der Waals surface area (Å²) in [7, 11) is 1.77. The molecular weight excluding hydrogens is 328 g/mol. The third-order valence-corrected chi connectivity index (χ3v) is 3.52. The molecule has 2 rings (SSSR count). The molecule has 140 valence electrons. The summed E-state index contributed by atoms with van der Waals surface area (Å²) in [6.45, 7) is 8.44. The van der Waals surface area contributed by atoms with Crippen molar-refractivity contribution in [2.24, 2.45) is 10.9 Å². The van der Waals surface area contributed by atoms with Gasteiger partial charge in [-0.1, -0.05) is 13.8 Å². The molecule has 0 spiro atoms. The smallest absolute Gasteiger partial charge is 0.219 e. The lowest BCUT2D eigenvalue weighted by molar-refractivity contribution is 0.339. The van der Waals surface area contributed by atoms with Gasteiger partial charge < -0.3 is 20.1 Å². The highest BCUT2D eigenvalue weighted by molar-refractivity contribution is 5.79. The summed E-state index contributed by atoms with van der Waals surface area (Å²) in [5.74, 6) is 3.44. The fourth-order valence-electron chi connectivity index (χ4n) is 2.21. The Kier molecular flexibility index (Phi) is 7.74. The first kappa shape index (κ1) is 19.6. The molecule has 0 unspecified atom stereocenters. The predicted molar refractivity (Wildman–Crippen MR) is 105 cm³/mol. The van der Waals surface area contributed by atoms with Gasteiger partial charge in [-0.15, -0.1) is 0 Å². The monoisotopic (exact) mass is 356 g/mol. The van der Waals surface area contributed by atoms with E-state index < -0.39 is 0 Å². The van der Waals surface area contributed by atoms with Gasteiger partial charge in [0.25, 0.3) is 0 Å². The van der Waals surface area contributed by atoms with Gasteiger partial charge in [-0.25, -0.2) is 4.98 Å². The van der Waals surface area contributed by atoms with Crippen LogP contribution in [0.4, 0.5) is 0 Å². The van der Waals surface area contributed by atoms with Crippen LogP contribution >= 0.6 is 0 Å². The van der Waals surface area contributed by atoms with Gasteiger partial charge in [-0.05, 0) is 48.7 Å². The Morgan fingerprint density at radius 1 is 1.12 bits per heavy atom. The van der Waals surface area contributed by atoms with Crippen molar-refractivity contribution in [2.75, 3.05) is 20.2 Å². The maximum atomic E-state index is 5.82. The zero-order valence-corrected chi connectivity index (χ0v) is 16.0. The van der Waals surface area contributed by atoms with Gasteiger partial charge in [-0.2, -0.15) is 0 Å². The first-order valence-corrected chi connectivity index (χ1v) is 8.91. The lowest BCUT2D eigenvalue weighted by Gasteiger charge is -2.13. The molecule has 0 aliphatic rings. The van der Waals surface area contributed by atoms with Crippen LogP contribution in [0.2, 0.25) is 0 Å². The minimum Gasteiger partial charge on any atom is -0.494 e. The second-order valence-electron chi connectivity index (χ2n) is 6.21. The third kappa shape index (κ3) is 6.63. The zero-order chi connectivity index (χ0) is 18.8. The van der Waals surface area contributed by atoms with Crippen LogP contribution in [0.25, 0.3) is 0 Å². The molecule has 0 fully saturated rings. The van der Waals surface area contributed by atoms with Crippen molar-refractivity contribution in [2.45, 2.75) is 27.3 Å². The fourth-order valence-corrected chi connectivity index (χ4v) is 2.21. The van der Waals surface area contributed by atoms with E-state index in [0.29, 0.717) is 24.9 Å². The number of aromatic nitrogens is 1. The molecule has 0 saturated carbocycles. The second kappa shape index (κ2) is 10.3. The summed E-state index contributed by atoms with van der Waals surface area (Å²) in [6.07, 6.45) is 1.74. The molecule has 0 amide bonds. The Bertz CT molecular complexity index is 699. The van der Waals surface area contributed by atoms with E-state index in [9.17, 15) is 0 Å². The molecule has 1 heterocycles. The van der Waals surface area contributed by atoms with Crippen molar-refractivity contribution >= 4 is 5.96 Å². The molecule has 0 bridgehead atoms. The SMILES string of the molecule is CCOc1ccc(Oc2cc(CNC(=NC)NCC(C)C)ccn2)cc1. The van der Waals surface area contributed by atoms with E-state index in [-0.39, 0.29) is 0 Å². The molecule has 0 radical (unpaired) electrons. The first-order valence-electron chi connectivity index (χ1n) is 8.91. The number of pyridine rings is 1. The minimum atomic E-state index is 0.554. The van der Waals surface area contributed by atoms with Crippen molar-refractivity contribution in [1.82, 2.24) is 15.6 Å². The van der Waals surface area contributed by atoms with E-state index in [2.05, 4.69) is 34.5 Å². The summed E-state index contributed by atoms with van der Waals surface area (Å²) in [4.78, 5) is 8.50. The van der Waals surface area contributed by atoms with E-state index >= 15 is 0 Å². The average molecular weight is 356 g/mol. The first-order chi connectivity index (χ1) is 12.6. The molecular formula is C20H28N4O2. The van der Waals surface area contributed by atoms with Crippen LogP contribution in [0, 0.1) is 5.92 Å². The average Bonchev–Trinajstić information content (AvgIpc) is 2.64. The Hall–Kier alpha value is -2.76. The van der Waals surface area contributed by atoms with E-state index in [4.69, 9.17) is 9.47 Å². The molecule has 1 aromatic carbocycles. The Morgan fingerprint density at radius 3 is 2.50 bits per heavy atom. The van der Waals surface area contributed by atoms with Crippen molar-refractivity contribution in [1.29, 1.82) is 0 Å². The Morgan fingerprint density at radius 2 is 1.85 bits per heavy atom. The molecule has 6 heteroatoms. The number of nitrogens with one attached hydrogen (secondary N) is 2. The quantitative estimate of drug-likeness (QED) is 0.559. The standard InChI is InChI=1S/C20H28N4O2/c1-5-25-17-6-8-18(9-7-17)26-19-12-16(10-11-22-19)14-24-20(21-4)23-13-15(2)3/h6-12,15H,5,13-14H2,1-4H3,(H2,21,23,24). The normalized spacial score (nSPS) is 11.3. The molecule has 0 aliphatic heterocycles. The minimum absolute atomic E-state index is 0.554. The van der Waals surface area contributed by atoms with Crippen LogP contribution in [0.1, 0.15) is 26.3 Å². The number of guanidine groups is 1. The van der Waals surface area contributed by atoms with Crippen LogP contribution in [-0.2, 0) is 6.54 Å². The van der Waals surface area contributed by atoms with Gasteiger partial charge >= 0.3 is 0 Å². The van der Waals surface area contributed by atoms with E-state index in [1.807, 2.05) is 43.3 Å². The van der Waals surface area contributed by atoms with Gasteiger partial charge in [0.2, 0.25) is 5.88 Å². The molecule has 2 N–H and O–H groups in total. The maximum Gasteiger partial charge on any atom is 0.219 e. The van der Waals surface area contributed by atoms with Crippen LogP contribution in [0.5, 0.6) is 17.4 Å². The highest BCUT2D eigenvalue weighted by Crippen LogP contribution is 2.23. The summed E-state index contributed by atoms with van der Waals surface area (Å²) in [6, 6.07) is 11.4. The molecule has 6 nitrogen and oxygen atoms in total. The highest BCUT2D eigenvalue weighted by atomic mass is 16.5. The van der Waals surface area contributed by atoms with Crippen LogP contribution in [-0.4, -0.2) is 31.1 Å². The Labute approximate surface area is 155 Å². The van der Waals surface area contributed by atoms with Crippen molar-refractivity contribution in [3.8, 4) is 17.4 Å². The van der Waals surface area contributed by atoms with E-state index in [1.54, 1.807) is 13.2 Å². The predicted octanol–water partition coefficient (Wildman–Crippen LogP) is 3.59. The summed E-state index contributed by atoms with van der Waals surface area (Å²) in [5.41, 5.74) is 1.06. The molecule has 0 atom stereocenters. The molecule has 0 saturated heterocycles. The molecule has 1 aromatic heterocycles. The topological polar surface area (TPSA) is 67.8 Å². The molecule has 2 aromatic rings. The van der Waals surface area contributed by atoms with Crippen LogP contribution < -0.4 is 20.1 Å². The van der Waals surface area contributed by atoms with E-state index in [1.165, 1.54) is 0 Å². The number of hydrogen-bond donors (Lipinski definition) is 2. The highest BCUT2D eigenvalue weighted by Gasteiger charge is 2.03. The number of aliphatic imine (C=N–C) groups is 1. The largest absolute Gasteiger partial charge is 0.494 e. The lowest BCUT2D eigenvalue weighted by atomic mass is 10.2. The van der Waals surface area contributed by atoms with Crippen molar-refractivity contribution < 1.29 is 9.47 Å². The van der Waals surface area contributed by atoms with Crippen LogP contribution in [0.3, 0.4) is 0 Å².